The number of aromatic nitrogens is 1. The van der Waals surface area contributed by atoms with Crippen LogP contribution >= 0.6 is 0 Å². The SMILES string of the molecule is O=CCc1cc2c(cc1F)CN=C2c1ccnc(N2CCOCC2)c1. The standard InChI is InChI=1S/C19H18FN3O2/c20-17-10-15-12-22-19(16(15)9-13(17)2-6-24)14-1-3-21-18(11-14)23-4-7-25-8-5-23/h1,3,6,9-11H,2,4-5,7-8,12H2. The molecule has 4 rings (SSSR count). The van der Waals surface area contributed by atoms with Crippen LogP contribution < -0.4 is 4.90 Å². The third-order valence-electron chi connectivity index (χ3n) is 4.59. The number of hydrogen-bond donors (Lipinski definition) is 0. The van der Waals surface area contributed by atoms with Crippen LogP contribution in [0.3, 0.4) is 0 Å². The second-order valence-corrected chi connectivity index (χ2v) is 6.14. The Morgan fingerprint density at radius 1 is 1.24 bits per heavy atom. The number of benzene rings is 1. The quantitative estimate of drug-likeness (QED) is 0.801. The number of fused-ring (bicyclic) bond motifs is 1. The lowest BCUT2D eigenvalue weighted by atomic mass is 9.97. The van der Waals surface area contributed by atoms with Crippen LogP contribution in [-0.2, 0) is 22.5 Å². The summed E-state index contributed by atoms with van der Waals surface area (Å²) >= 11 is 0. The Bertz CT molecular complexity index is 845. The fraction of sp³-hybridized carbons (Fsp3) is 0.316. The summed E-state index contributed by atoms with van der Waals surface area (Å²) in [5, 5.41) is 0. The van der Waals surface area contributed by atoms with Gasteiger partial charge in [-0.25, -0.2) is 9.37 Å². The summed E-state index contributed by atoms with van der Waals surface area (Å²) in [7, 11) is 0. The lowest BCUT2D eigenvalue weighted by Gasteiger charge is -2.28. The highest BCUT2D eigenvalue weighted by molar-refractivity contribution is 6.15. The average Bonchev–Trinajstić information content (AvgIpc) is 3.06. The molecule has 0 amide bonds. The number of rotatable bonds is 4. The van der Waals surface area contributed by atoms with Crippen molar-refractivity contribution in [2.75, 3.05) is 31.2 Å². The van der Waals surface area contributed by atoms with E-state index in [0.29, 0.717) is 25.3 Å². The van der Waals surface area contributed by atoms with Crippen LogP contribution in [0.5, 0.6) is 0 Å². The van der Waals surface area contributed by atoms with E-state index in [-0.39, 0.29) is 12.2 Å². The molecule has 0 radical (unpaired) electrons. The lowest BCUT2D eigenvalue weighted by Crippen LogP contribution is -2.36. The minimum absolute atomic E-state index is 0.0712. The second-order valence-electron chi connectivity index (χ2n) is 6.14. The molecule has 25 heavy (non-hydrogen) atoms. The highest BCUT2D eigenvalue weighted by Gasteiger charge is 2.21. The van der Waals surface area contributed by atoms with Crippen molar-refractivity contribution in [3.63, 3.8) is 0 Å². The minimum Gasteiger partial charge on any atom is -0.378 e. The number of aliphatic imine (C=N–C) groups is 1. The topological polar surface area (TPSA) is 54.8 Å². The van der Waals surface area contributed by atoms with Gasteiger partial charge in [0.1, 0.15) is 17.9 Å². The molecule has 1 fully saturated rings. The molecule has 1 saturated heterocycles. The Kier molecular flexibility index (Phi) is 4.28. The van der Waals surface area contributed by atoms with E-state index in [1.807, 2.05) is 12.1 Å². The number of carbonyl (C=O) groups excluding carboxylic acids is 1. The van der Waals surface area contributed by atoms with Gasteiger partial charge in [-0.15, -0.1) is 0 Å². The molecule has 1 aromatic heterocycles. The first kappa shape index (κ1) is 15.9. The molecule has 5 nitrogen and oxygen atoms in total. The van der Waals surface area contributed by atoms with Crippen LogP contribution in [0.2, 0.25) is 0 Å². The molecule has 2 aliphatic rings. The summed E-state index contributed by atoms with van der Waals surface area (Å²) in [6.45, 7) is 3.48. The third kappa shape index (κ3) is 3.05. The molecule has 2 aliphatic heterocycles. The first-order valence-corrected chi connectivity index (χ1v) is 8.35. The zero-order chi connectivity index (χ0) is 17.2. The van der Waals surface area contributed by atoms with Crippen molar-refractivity contribution in [3.8, 4) is 0 Å². The summed E-state index contributed by atoms with van der Waals surface area (Å²) < 4.78 is 19.4. The Morgan fingerprint density at radius 2 is 2.08 bits per heavy atom. The Labute approximate surface area is 145 Å². The zero-order valence-corrected chi connectivity index (χ0v) is 13.7. The van der Waals surface area contributed by atoms with Gasteiger partial charge >= 0.3 is 0 Å². The summed E-state index contributed by atoms with van der Waals surface area (Å²) in [4.78, 5) is 22.0. The predicted octanol–water partition coefficient (Wildman–Crippen LogP) is 2.15. The first-order valence-electron chi connectivity index (χ1n) is 8.35. The molecule has 2 aromatic rings. The van der Waals surface area contributed by atoms with Crippen molar-refractivity contribution in [3.05, 3.63) is 58.5 Å². The van der Waals surface area contributed by atoms with Crippen LogP contribution in [0.1, 0.15) is 22.3 Å². The number of ether oxygens (including phenoxy) is 1. The number of anilines is 1. The molecule has 1 aromatic carbocycles. The van der Waals surface area contributed by atoms with Crippen LogP contribution in [0, 0.1) is 5.82 Å². The smallest absolute Gasteiger partial charge is 0.129 e. The maximum atomic E-state index is 14.0. The number of hydrogen-bond acceptors (Lipinski definition) is 5. The molecule has 0 aliphatic carbocycles. The lowest BCUT2D eigenvalue weighted by molar-refractivity contribution is -0.107. The van der Waals surface area contributed by atoms with Crippen molar-refractivity contribution in [2.45, 2.75) is 13.0 Å². The van der Waals surface area contributed by atoms with Crippen molar-refractivity contribution >= 4 is 17.8 Å². The van der Waals surface area contributed by atoms with Gasteiger partial charge < -0.3 is 14.4 Å². The van der Waals surface area contributed by atoms with Gasteiger partial charge in [0.05, 0.1) is 25.5 Å². The molecule has 0 saturated carbocycles. The van der Waals surface area contributed by atoms with Gasteiger partial charge in [0.25, 0.3) is 0 Å². The zero-order valence-electron chi connectivity index (χ0n) is 13.7. The maximum absolute atomic E-state index is 14.0. The maximum Gasteiger partial charge on any atom is 0.129 e. The second kappa shape index (κ2) is 6.72. The van der Waals surface area contributed by atoms with E-state index in [2.05, 4.69) is 14.9 Å². The Hall–Kier alpha value is -2.60. The number of nitrogens with zero attached hydrogens (tertiary/aromatic N) is 3. The number of aldehydes is 1. The van der Waals surface area contributed by atoms with Crippen LogP contribution in [0.25, 0.3) is 0 Å². The highest BCUT2D eigenvalue weighted by Crippen LogP contribution is 2.27. The van der Waals surface area contributed by atoms with Gasteiger partial charge in [-0.1, -0.05) is 0 Å². The number of pyridine rings is 1. The number of morpholine rings is 1. The molecule has 0 spiro atoms. The normalized spacial score (nSPS) is 16.5. The summed E-state index contributed by atoms with van der Waals surface area (Å²) in [5.74, 6) is 0.554. The van der Waals surface area contributed by atoms with Crippen LogP contribution in [0.4, 0.5) is 10.2 Å². The Balaban J connectivity index is 1.68. The van der Waals surface area contributed by atoms with Crippen molar-refractivity contribution in [1.29, 1.82) is 0 Å². The van der Waals surface area contributed by atoms with Crippen molar-refractivity contribution in [1.82, 2.24) is 4.98 Å². The Morgan fingerprint density at radius 3 is 2.88 bits per heavy atom. The van der Waals surface area contributed by atoms with Gasteiger partial charge in [0.2, 0.25) is 0 Å². The third-order valence-corrected chi connectivity index (χ3v) is 4.59. The van der Waals surface area contributed by atoms with Gasteiger partial charge in [-0.2, -0.15) is 0 Å². The molecular weight excluding hydrogens is 321 g/mol. The molecular formula is C19H18FN3O2. The summed E-state index contributed by atoms with van der Waals surface area (Å²) in [6, 6.07) is 7.18. The molecule has 3 heterocycles. The summed E-state index contributed by atoms with van der Waals surface area (Å²) in [6.07, 6.45) is 2.57. The number of carbonyl (C=O) groups is 1. The van der Waals surface area contributed by atoms with Crippen molar-refractivity contribution in [2.24, 2.45) is 4.99 Å². The predicted molar refractivity (Wildman–Crippen MR) is 92.8 cm³/mol. The van der Waals surface area contributed by atoms with E-state index < -0.39 is 0 Å². The van der Waals surface area contributed by atoms with Crippen LogP contribution in [-0.4, -0.2) is 43.3 Å². The van der Waals surface area contributed by atoms with E-state index in [9.17, 15) is 9.18 Å². The first-order chi connectivity index (χ1) is 12.3. The van der Waals surface area contributed by atoms with Gasteiger partial charge in [0.15, 0.2) is 0 Å². The largest absolute Gasteiger partial charge is 0.378 e. The molecule has 0 unspecified atom stereocenters. The van der Waals surface area contributed by atoms with Gasteiger partial charge in [-0.3, -0.25) is 4.99 Å². The van der Waals surface area contributed by atoms with E-state index >= 15 is 0 Å². The van der Waals surface area contributed by atoms with Crippen LogP contribution in [0.15, 0.2) is 35.5 Å². The molecule has 6 heteroatoms. The molecule has 0 atom stereocenters. The monoisotopic (exact) mass is 339 g/mol. The van der Waals surface area contributed by atoms with E-state index in [1.54, 1.807) is 12.3 Å². The molecule has 0 N–H and O–H groups in total. The highest BCUT2D eigenvalue weighted by atomic mass is 19.1. The fourth-order valence-corrected chi connectivity index (χ4v) is 3.28. The van der Waals surface area contributed by atoms with E-state index in [0.717, 1.165) is 47.6 Å². The van der Waals surface area contributed by atoms with E-state index in [1.165, 1.54) is 6.07 Å². The van der Waals surface area contributed by atoms with E-state index in [4.69, 9.17) is 4.74 Å². The van der Waals surface area contributed by atoms with Crippen molar-refractivity contribution < 1.29 is 13.9 Å². The number of halogens is 1. The minimum atomic E-state index is -0.342. The summed E-state index contributed by atoms with van der Waals surface area (Å²) in [5.41, 5.74) is 3.95. The van der Waals surface area contributed by atoms with Gasteiger partial charge in [0, 0.05) is 36.8 Å². The fourth-order valence-electron chi connectivity index (χ4n) is 3.28. The van der Waals surface area contributed by atoms with Gasteiger partial charge in [-0.05, 0) is 35.4 Å². The average molecular weight is 339 g/mol. The molecule has 128 valence electrons. The molecule has 0 bridgehead atoms.